The largest absolute Gasteiger partial charge is 0.364 e. The lowest BCUT2D eigenvalue weighted by molar-refractivity contribution is 0.0995. The molecule has 116 valence electrons. The van der Waals surface area contributed by atoms with Gasteiger partial charge in [-0.2, -0.15) is 5.10 Å². The Labute approximate surface area is 134 Å². The maximum atomic E-state index is 11.4. The van der Waals surface area contributed by atoms with Gasteiger partial charge in [-0.15, -0.1) is 0 Å². The normalized spacial score (nSPS) is 10.3. The third kappa shape index (κ3) is 3.62. The summed E-state index contributed by atoms with van der Waals surface area (Å²) in [5.74, 6) is -0.593. The van der Waals surface area contributed by atoms with E-state index in [0.717, 1.165) is 16.8 Å². The van der Waals surface area contributed by atoms with E-state index in [0.29, 0.717) is 17.3 Å². The first kappa shape index (κ1) is 16.0. The fraction of sp³-hybridized carbons (Fsp3) is 0.267. The minimum Gasteiger partial charge on any atom is -0.364 e. The third-order valence-corrected chi connectivity index (χ3v) is 3.41. The SMILES string of the molecule is CCn1cc(NC(=S)Nc2cc(C)ccc2C)c(C(N)=O)n1. The fourth-order valence-corrected chi connectivity index (χ4v) is 2.22. The number of primary amides is 1. The number of aromatic nitrogens is 2. The fourth-order valence-electron chi connectivity index (χ4n) is 2.00. The number of nitrogens with zero attached hydrogens (tertiary/aromatic N) is 2. The van der Waals surface area contributed by atoms with Crippen LogP contribution in [0.15, 0.2) is 24.4 Å². The van der Waals surface area contributed by atoms with Crippen LogP contribution in [0.25, 0.3) is 0 Å². The molecule has 0 unspecified atom stereocenters. The van der Waals surface area contributed by atoms with Crippen LogP contribution in [0.3, 0.4) is 0 Å². The maximum Gasteiger partial charge on any atom is 0.271 e. The van der Waals surface area contributed by atoms with E-state index in [1.165, 1.54) is 0 Å². The molecule has 1 amide bonds. The van der Waals surface area contributed by atoms with Crippen LogP contribution in [-0.4, -0.2) is 20.8 Å². The summed E-state index contributed by atoms with van der Waals surface area (Å²) >= 11 is 5.30. The Balaban J connectivity index is 2.17. The van der Waals surface area contributed by atoms with Crippen molar-refractivity contribution in [3.63, 3.8) is 0 Å². The van der Waals surface area contributed by atoms with Crippen molar-refractivity contribution in [1.29, 1.82) is 0 Å². The second kappa shape index (κ2) is 6.57. The van der Waals surface area contributed by atoms with Crippen LogP contribution in [0.2, 0.25) is 0 Å². The predicted molar refractivity (Wildman–Crippen MR) is 92.2 cm³/mol. The number of aryl methyl sites for hydroxylation is 3. The number of rotatable bonds is 4. The van der Waals surface area contributed by atoms with Crippen LogP contribution >= 0.6 is 12.2 Å². The summed E-state index contributed by atoms with van der Waals surface area (Å²) in [6, 6.07) is 6.06. The van der Waals surface area contributed by atoms with Crippen LogP contribution in [0.1, 0.15) is 28.5 Å². The minimum atomic E-state index is -0.593. The zero-order chi connectivity index (χ0) is 16.3. The Hall–Kier alpha value is -2.41. The summed E-state index contributed by atoms with van der Waals surface area (Å²) < 4.78 is 1.63. The van der Waals surface area contributed by atoms with Crippen LogP contribution < -0.4 is 16.4 Å². The third-order valence-electron chi connectivity index (χ3n) is 3.21. The highest BCUT2D eigenvalue weighted by Gasteiger charge is 2.15. The lowest BCUT2D eigenvalue weighted by Gasteiger charge is -2.12. The number of nitrogens with two attached hydrogens (primary N) is 1. The van der Waals surface area contributed by atoms with E-state index >= 15 is 0 Å². The molecule has 0 radical (unpaired) electrons. The number of benzene rings is 1. The van der Waals surface area contributed by atoms with Crippen molar-refractivity contribution >= 4 is 34.6 Å². The Morgan fingerprint density at radius 2 is 2.00 bits per heavy atom. The van der Waals surface area contributed by atoms with E-state index < -0.39 is 5.91 Å². The van der Waals surface area contributed by atoms with Gasteiger partial charge in [-0.05, 0) is 50.2 Å². The first-order valence-corrected chi connectivity index (χ1v) is 7.34. The lowest BCUT2D eigenvalue weighted by Crippen LogP contribution is -2.22. The summed E-state index contributed by atoms with van der Waals surface area (Å²) in [4.78, 5) is 11.4. The average Bonchev–Trinajstić information content (AvgIpc) is 2.86. The van der Waals surface area contributed by atoms with E-state index in [4.69, 9.17) is 18.0 Å². The summed E-state index contributed by atoms with van der Waals surface area (Å²) in [5.41, 5.74) is 9.13. The van der Waals surface area contributed by atoms with Crippen molar-refractivity contribution < 1.29 is 4.79 Å². The quantitative estimate of drug-likeness (QED) is 0.754. The van der Waals surface area contributed by atoms with E-state index in [9.17, 15) is 4.79 Å². The van der Waals surface area contributed by atoms with Crippen LogP contribution in [0.4, 0.5) is 11.4 Å². The molecule has 6 nitrogen and oxygen atoms in total. The molecule has 0 aliphatic carbocycles. The molecule has 1 heterocycles. The van der Waals surface area contributed by atoms with Gasteiger partial charge in [0.15, 0.2) is 10.8 Å². The molecule has 2 aromatic rings. The Kier molecular flexibility index (Phi) is 4.77. The van der Waals surface area contributed by atoms with E-state index in [1.54, 1.807) is 10.9 Å². The van der Waals surface area contributed by atoms with Crippen LogP contribution in [-0.2, 0) is 6.54 Å². The molecule has 22 heavy (non-hydrogen) atoms. The summed E-state index contributed by atoms with van der Waals surface area (Å²) in [6.45, 7) is 6.57. The molecule has 4 N–H and O–H groups in total. The summed E-state index contributed by atoms with van der Waals surface area (Å²) in [6.07, 6.45) is 1.71. The van der Waals surface area contributed by atoms with Gasteiger partial charge in [0.25, 0.3) is 5.91 Å². The highest BCUT2D eigenvalue weighted by atomic mass is 32.1. The number of anilines is 2. The molecule has 0 atom stereocenters. The molecular formula is C15H19N5OS. The molecule has 0 spiro atoms. The second-order valence-corrected chi connectivity index (χ2v) is 5.42. The minimum absolute atomic E-state index is 0.173. The molecule has 0 fully saturated rings. The van der Waals surface area contributed by atoms with Gasteiger partial charge in [0, 0.05) is 18.4 Å². The number of carbonyl (C=O) groups is 1. The average molecular weight is 317 g/mol. The van der Waals surface area contributed by atoms with Gasteiger partial charge in [0.1, 0.15) is 0 Å². The first-order chi connectivity index (χ1) is 10.4. The standard InChI is InChI=1S/C15H19N5OS/c1-4-20-8-12(13(19-20)14(16)21)18-15(22)17-11-7-9(2)5-6-10(11)3/h5-8H,4H2,1-3H3,(H2,16,21)(H2,17,18,22). The molecule has 1 aromatic heterocycles. The second-order valence-electron chi connectivity index (χ2n) is 5.01. The summed E-state index contributed by atoms with van der Waals surface area (Å²) in [7, 11) is 0. The molecule has 0 saturated heterocycles. The molecule has 0 saturated carbocycles. The van der Waals surface area contributed by atoms with Gasteiger partial charge in [-0.1, -0.05) is 12.1 Å². The number of hydrogen-bond acceptors (Lipinski definition) is 3. The summed E-state index contributed by atoms with van der Waals surface area (Å²) in [5, 5.41) is 10.6. The molecular weight excluding hydrogens is 298 g/mol. The smallest absolute Gasteiger partial charge is 0.271 e. The first-order valence-electron chi connectivity index (χ1n) is 6.93. The Bertz CT molecular complexity index is 723. The topological polar surface area (TPSA) is 85.0 Å². The Morgan fingerprint density at radius 1 is 1.32 bits per heavy atom. The van der Waals surface area contributed by atoms with Crippen LogP contribution in [0.5, 0.6) is 0 Å². The van der Waals surface area contributed by atoms with E-state index in [1.807, 2.05) is 39.0 Å². The predicted octanol–water partition coefficient (Wildman–Crippen LogP) is 2.43. The van der Waals surface area contributed by atoms with Crippen molar-refractivity contribution in [2.75, 3.05) is 10.6 Å². The van der Waals surface area contributed by atoms with Crippen molar-refractivity contribution in [2.24, 2.45) is 5.73 Å². The monoisotopic (exact) mass is 317 g/mol. The zero-order valence-corrected chi connectivity index (χ0v) is 13.6. The molecule has 2 rings (SSSR count). The van der Waals surface area contributed by atoms with Crippen molar-refractivity contribution in [1.82, 2.24) is 9.78 Å². The van der Waals surface area contributed by atoms with Gasteiger partial charge in [0.05, 0.1) is 5.69 Å². The van der Waals surface area contributed by atoms with Gasteiger partial charge in [-0.3, -0.25) is 9.48 Å². The number of thiocarbonyl (C=S) groups is 1. The number of hydrogen-bond donors (Lipinski definition) is 3. The highest BCUT2D eigenvalue weighted by Crippen LogP contribution is 2.18. The molecule has 7 heteroatoms. The van der Waals surface area contributed by atoms with Gasteiger partial charge in [0.2, 0.25) is 0 Å². The molecule has 0 aliphatic heterocycles. The number of carbonyl (C=O) groups excluding carboxylic acids is 1. The Morgan fingerprint density at radius 3 is 2.64 bits per heavy atom. The van der Waals surface area contributed by atoms with E-state index in [2.05, 4.69) is 15.7 Å². The van der Waals surface area contributed by atoms with Crippen LogP contribution in [0, 0.1) is 13.8 Å². The van der Waals surface area contributed by atoms with Gasteiger partial charge in [-0.25, -0.2) is 0 Å². The van der Waals surface area contributed by atoms with Gasteiger partial charge >= 0.3 is 0 Å². The van der Waals surface area contributed by atoms with Crippen molar-refractivity contribution in [3.05, 3.63) is 41.2 Å². The van der Waals surface area contributed by atoms with Gasteiger partial charge < -0.3 is 16.4 Å². The zero-order valence-electron chi connectivity index (χ0n) is 12.8. The van der Waals surface area contributed by atoms with Crippen molar-refractivity contribution in [2.45, 2.75) is 27.3 Å². The van der Waals surface area contributed by atoms with Crippen molar-refractivity contribution in [3.8, 4) is 0 Å². The van der Waals surface area contributed by atoms with E-state index in [-0.39, 0.29) is 5.69 Å². The maximum absolute atomic E-state index is 11.4. The molecule has 1 aromatic carbocycles. The lowest BCUT2D eigenvalue weighted by atomic mass is 10.1. The highest BCUT2D eigenvalue weighted by molar-refractivity contribution is 7.80. The number of amides is 1. The molecule has 0 bridgehead atoms. The molecule has 0 aliphatic rings. The number of nitrogens with one attached hydrogen (secondary N) is 2.